The van der Waals surface area contributed by atoms with E-state index in [9.17, 15) is 13.2 Å². The molecule has 0 unspecified atom stereocenters. The second kappa shape index (κ2) is 7.33. The van der Waals surface area contributed by atoms with Gasteiger partial charge in [-0.25, -0.2) is 8.42 Å². The average Bonchev–Trinajstić information content (AvgIpc) is 3.23. The molecule has 0 bridgehead atoms. The van der Waals surface area contributed by atoms with Crippen LogP contribution in [0.5, 0.6) is 0 Å². The maximum atomic E-state index is 13.5. The summed E-state index contributed by atoms with van der Waals surface area (Å²) in [5, 5.41) is 3.06. The van der Waals surface area contributed by atoms with E-state index < -0.39 is 15.4 Å². The third kappa shape index (κ3) is 3.71. The second-order valence-electron chi connectivity index (χ2n) is 8.07. The Morgan fingerprint density at radius 3 is 2.25 bits per heavy atom. The smallest absolute Gasteiger partial charge is 0.241 e. The fourth-order valence-corrected chi connectivity index (χ4v) is 6.11. The van der Waals surface area contributed by atoms with Gasteiger partial charge < -0.3 is 5.32 Å². The molecule has 0 saturated carbocycles. The summed E-state index contributed by atoms with van der Waals surface area (Å²) in [6.45, 7) is 0.658. The van der Waals surface area contributed by atoms with Crippen LogP contribution in [0, 0.1) is 0 Å². The standard InChI is InChI=1S/C22H26N2O3S/c1-24(15-17-7-3-2-4-8-17)22(13-18-9-5-6-10-19(18)14-22)21(25)23-20-11-12-28(26,27)16-20/h2-10,20H,11-16H2,1H3,(H,23,25)/t20-/m0/s1. The molecule has 148 valence electrons. The van der Waals surface area contributed by atoms with Crippen molar-refractivity contribution in [1.29, 1.82) is 0 Å². The third-order valence-corrected chi connectivity index (χ3v) is 7.84. The van der Waals surface area contributed by atoms with Gasteiger partial charge in [0.25, 0.3) is 0 Å². The Hall–Kier alpha value is -2.18. The zero-order valence-electron chi connectivity index (χ0n) is 16.1. The molecule has 5 nitrogen and oxygen atoms in total. The number of carbonyl (C=O) groups excluding carboxylic acids is 1. The molecule has 1 fully saturated rings. The predicted molar refractivity (Wildman–Crippen MR) is 110 cm³/mol. The molecule has 1 aliphatic heterocycles. The van der Waals surface area contributed by atoms with Gasteiger partial charge in [0.2, 0.25) is 5.91 Å². The molecule has 4 rings (SSSR count). The van der Waals surface area contributed by atoms with Gasteiger partial charge in [0.15, 0.2) is 9.84 Å². The molecular formula is C22H26N2O3S. The zero-order chi connectivity index (χ0) is 19.8. The SMILES string of the molecule is CN(Cc1ccccc1)C1(C(=O)N[C@H]2CCS(=O)(=O)C2)Cc2ccccc2C1. The number of hydrogen-bond donors (Lipinski definition) is 1. The number of nitrogens with one attached hydrogen (secondary N) is 1. The van der Waals surface area contributed by atoms with E-state index in [1.807, 2.05) is 37.4 Å². The van der Waals surface area contributed by atoms with Gasteiger partial charge in [0.1, 0.15) is 5.54 Å². The molecule has 0 spiro atoms. The van der Waals surface area contributed by atoms with Gasteiger partial charge in [-0.05, 0) is 30.2 Å². The van der Waals surface area contributed by atoms with E-state index in [2.05, 4.69) is 34.5 Å². The molecule has 0 aromatic heterocycles. The molecule has 28 heavy (non-hydrogen) atoms. The molecule has 2 aromatic rings. The van der Waals surface area contributed by atoms with Crippen LogP contribution < -0.4 is 5.32 Å². The largest absolute Gasteiger partial charge is 0.351 e. The number of fused-ring (bicyclic) bond motifs is 1. The number of sulfone groups is 1. The minimum Gasteiger partial charge on any atom is -0.351 e. The van der Waals surface area contributed by atoms with Crippen molar-refractivity contribution in [2.75, 3.05) is 18.6 Å². The molecular weight excluding hydrogens is 372 g/mol. The maximum absolute atomic E-state index is 13.5. The van der Waals surface area contributed by atoms with Crippen molar-refractivity contribution in [3.8, 4) is 0 Å². The lowest BCUT2D eigenvalue weighted by Gasteiger charge is -2.38. The van der Waals surface area contributed by atoms with E-state index in [4.69, 9.17) is 0 Å². The topological polar surface area (TPSA) is 66.5 Å². The van der Waals surface area contributed by atoms with E-state index in [1.165, 1.54) is 11.1 Å². The minimum atomic E-state index is -3.04. The average molecular weight is 399 g/mol. The molecule has 2 aromatic carbocycles. The van der Waals surface area contributed by atoms with Gasteiger partial charge in [-0.2, -0.15) is 0 Å². The van der Waals surface area contributed by atoms with Crippen molar-refractivity contribution in [1.82, 2.24) is 10.2 Å². The van der Waals surface area contributed by atoms with Crippen LogP contribution in [0.3, 0.4) is 0 Å². The fourth-order valence-electron chi connectivity index (χ4n) is 4.44. The quantitative estimate of drug-likeness (QED) is 0.836. The zero-order valence-corrected chi connectivity index (χ0v) is 16.9. The minimum absolute atomic E-state index is 0.0458. The molecule has 1 aliphatic carbocycles. The highest BCUT2D eigenvalue weighted by Gasteiger charge is 2.48. The number of nitrogens with zero attached hydrogens (tertiary/aromatic N) is 1. The predicted octanol–water partition coefficient (Wildman–Crippen LogP) is 1.96. The van der Waals surface area contributed by atoms with Crippen LogP contribution in [0.25, 0.3) is 0 Å². The highest BCUT2D eigenvalue weighted by atomic mass is 32.2. The Morgan fingerprint density at radius 2 is 1.68 bits per heavy atom. The van der Waals surface area contributed by atoms with Gasteiger partial charge in [0.05, 0.1) is 11.5 Å². The van der Waals surface area contributed by atoms with Crippen molar-refractivity contribution >= 4 is 15.7 Å². The second-order valence-corrected chi connectivity index (χ2v) is 10.3. The van der Waals surface area contributed by atoms with E-state index >= 15 is 0 Å². The summed E-state index contributed by atoms with van der Waals surface area (Å²) in [5.41, 5.74) is 2.83. The number of carbonyl (C=O) groups is 1. The van der Waals surface area contributed by atoms with Crippen LogP contribution in [0.1, 0.15) is 23.1 Å². The summed E-state index contributed by atoms with van der Waals surface area (Å²) in [7, 11) is -1.05. The van der Waals surface area contributed by atoms with Crippen LogP contribution in [-0.4, -0.2) is 49.4 Å². The Bertz CT molecular complexity index is 947. The van der Waals surface area contributed by atoms with Crippen molar-refractivity contribution in [3.05, 3.63) is 71.3 Å². The number of rotatable bonds is 5. The first-order valence-corrected chi connectivity index (χ1v) is 11.5. The van der Waals surface area contributed by atoms with Gasteiger partial charge in [0, 0.05) is 25.4 Å². The lowest BCUT2D eigenvalue weighted by molar-refractivity contribution is -0.133. The normalized spacial score (nSPS) is 22.1. The molecule has 2 aliphatic rings. The number of benzene rings is 2. The number of amides is 1. The Labute approximate surface area is 166 Å². The van der Waals surface area contributed by atoms with Crippen molar-refractivity contribution in [2.24, 2.45) is 0 Å². The van der Waals surface area contributed by atoms with Gasteiger partial charge in [-0.15, -0.1) is 0 Å². The maximum Gasteiger partial charge on any atom is 0.241 e. The molecule has 6 heteroatoms. The molecule has 1 atom stereocenters. The van der Waals surface area contributed by atoms with Crippen LogP contribution >= 0.6 is 0 Å². The lowest BCUT2D eigenvalue weighted by Crippen LogP contribution is -2.59. The third-order valence-electron chi connectivity index (χ3n) is 6.07. The van der Waals surface area contributed by atoms with Crippen molar-refractivity contribution in [3.63, 3.8) is 0 Å². The Morgan fingerprint density at radius 1 is 1.07 bits per heavy atom. The Balaban J connectivity index is 1.60. The van der Waals surface area contributed by atoms with E-state index in [1.54, 1.807) is 0 Å². The van der Waals surface area contributed by atoms with Crippen LogP contribution in [0.2, 0.25) is 0 Å². The summed E-state index contributed by atoms with van der Waals surface area (Å²) >= 11 is 0. The van der Waals surface area contributed by atoms with Crippen LogP contribution in [-0.2, 0) is 34.0 Å². The first kappa shape index (κ1) is 19.2. The van der Waals surface area contributed by atoms with E-state index in [-0.39, 0.29) is 23.5 Å². The highest BCUT2D eigenvalue weighted by molar-refractivity contribution is 7.91. The van der Waals surface area contributed by atoms with Crippen LogP contribution in [0.15, 0.2) is 54.6 Å². The fraction of sp³-hybridized carbons (Fsp3) is 0.409. The van der Waals surface area contributed by atoms with Gasteiger partial charge in [-0.3, -0.25) is 9.69 Å². The van der Waals surface area contributed by atoms with Crippen molar-refractivity contribution in [2.45, 2.75) is 37.4 Å². The summed E-state index contributed by atoms with van der Waals surface area (Å²) in [4.78, 5) is 15.6. The molecule has 1 heterocycles. The summed E-state index contributed by atoms with van der Waals surface area (Å²) < 4.78 is 23.6. The molecule has 1 saturated heterocycles. The molecule has 0 radical (unpaired) electrons. The molecule has 1 N–H and O–H groups in total. The van der Waals surface area contributed by atoms with E-state index in [0.29, 0.717) is 25.8 Å². The Kier molecular flexibility index (Phi) is 5.02. The lowest BCUT2D eigenvalue weighted by atomic mass is 9.91. The van der Waals surface area contributed by atoms with Gasteiger partial charge >= 0.3 is 0 Å². The van der Waals surface area contributed by atoms with Crippen LogP contribution in [0.4, 0.5) is 0 Å². The van der Waals surface area contributed by atoms with E-state index in [0.717, 1.165) is 5.56 Å². The number of hydrogen-bond acceptors (Lipinski definition) is 4. The summed E-state index contributed by atoms with van der Waals surface area (Å²) in [6.07, 6.45) is 1.77. The monoisotopic (exact) mass is 398 g/mol. The number of likely N-dealkylation sites (N-methyl/N-ethyl adjacent to an activating group) is 1. The first-order valence-electron chi connectivity index (χ1n) is 9.71. The van der Waals surface area contributed by atoms with Gasteiger partial charge in [-0.1, -0.05) is 54.6 Å². The highest BCUT2D eigenvalue weighted by Crippen LogP contribution is 2.35. The molecule has 1 amide bonds. The summed E-state index contributed by atoms with van der Waals surface area (Å²) in [5.74, 6) is 0.138. The summed E-state index contributed by atoms with van der Waals surface area (Å²) in [6, 6.07) is 18.0. The first-order chi connectivity index (χ1) is 13.4. The van der Waals surface area contributed by atoms with Crippen molar-refractivity contribution < 1.29 is 13.2 Å².